The molecule has 0 bridgehead atoms. The van der Waals surface area contributed by atoms with Crippen molar-refractivity contribution in [2.45, 2.75) is 6.42 Å². The van der Waals surface area contributed by atoms with Gasteiger partial charge in [0.05, 0.1) is 15.5 Å². The minimum atomic E-state index is -0.582. The lowest BCUT2D eigenvalue weighted by Crippen LogP contribution is -2.26. The number of H-pyrrole nitrogens is 1. The second-order valence-electron chi connectivity index (χ2n) is 3.86. The van der Waals surface area contributed by atoms with Crippen LogP contribution < -0.4 is 5.32 Å². The molecule has 0 aliphatic heterocycles. The van der Waals surface area contributed by atoms with Crippen LogP contribution >= 0.6 is 11.6 Å². The second kappa shape index (κ2) is 6.11. The Balaban J connectivity index is 2.01. The van der Waals surface area contributed by atoms with Crippen LogP contribution in [0.5, 0.6) is 0 Å². The SMILES string of the molecule is O=C(NCCc1ncn[nH]1)c1cc([N+](=O)[O-])ccc1Cl. The van der Waals surface area contributed by atoms with Crippen molar-refractivity contribution in [1.29, 1.82) is 0 Å². The number of hydrogen-bond acceptors (Lipinski definition) is 5. The highest BCUT2D eigenvalue weighted by Crippen LogP contribution is 2.21. The minimum absolute atomic E-state index is 0.0680. The van der Waals surface area contributed by atoms with Gasteiger partial charge in [-0.05, 0) is 6.07 Å². The third-order valence-electron chi connectivity index (χ3n) is 2.52. The number of aromatic nitrogens is 3. The summed E-state index contributed by atoms with van der Waals surface area (Å²) in [5.74, 6) is 0.161. The Morgan fingerprint density at radius 3 is 2.95 bits per heavy atom. The fraction of sp³-hybridized carbons (Fsp3) is 0.182. The number of amides is 1. The van der Waals surface area contributed by atoms with Crippen LogP contribution in [0, 0.1) is 10.1 Å². The van der Waals surface area contributed by atoms with E-state index in [1.54, 1.807) is 0 Å². The lowest BCUT2D eigenvalue weighted by Gasteiger charge is -2.05. The van der Waals surface area contributed by atoms with Gasteiger partial charge in [-0.15, -0.1) is 0 Å². The number of nitro benzene ring substituents is 1. The highest BCUT2D eigenvalue weighted by atomic mass is 35.5. The molecule has 1 amide bonds. The first-order chi connectivity index (χ1) is 9.58. The number of rotatable bonds is 5. The van der Waals surface area contributed by atoms with E-state index in [4.69, 9.17) is 11.6 Å². The summed E-state index contributed by atoms with van der Waals surface area (Å²) in [6.45, 7) is 0.313. The molecule has 2 N–H and O–H groups in total. The molecule has 104 valence electrons. The molecule has 2 rings (SSSR count). The van der Waals surface area contributed by atoms with Crippen LogP contribution in [0.4, 0.5) is 5.69 Å². The standard InChI is InChI=1S/C11H10ClN5O3/c12-9-2-1-7(17(19)20)5-8(9)11(18)13-4-3-10-14-6-15-16-10/h1-2,5-6H,3-4H2,(H,13,18)(H,14,15,16). The first-order valence-electron chi connectivity index (χ1n) is 5.64. The molecule has 1 aromatic heterocycles. The highest BCUT2D eigenvalue weighted by Gasteiger charge is 2.15. The Kier molecular flexibility index (Phi) is 4.26. The van der Waals surface area contributed by atoms with Crippen LogP contribution in [-0.4, -0.2) is 32.6 Å². The molecule has 9 heteroatoms. The van der Waals surface area contributed by atoms with Gasteiger partial charge in [-0.3, -0.25) is 20.0 Å². The van der Waals surface area contributed by atoms with Crippen molar-refractivity contribution in [1.82, 2.24) is 20.5 Å². The monoisotopic (exact) mass is 295 g/mol. The number of nitro groups is 1. The molecule has 0 spiro atoms. The Morgan fingerprint density at radius 1 is 1.50 bits per heavy atom. The maximum absolute atomic E-state index is 11.9. The third-order valence-corrected chi connectivity index (χ3v) is 2.85. The number of halogens is 1. The second-order valence-corrected chi connectivity index (χ2v) is 4.27. The predicted octanol–water partition coefficient (Wildman–Crippen LogP) is 1.34. The van der Waals surface area contributed by atoms with E-state index in [0.717, 1.165) is 6.07 Å². The van der Waals surface area contributed by atoms with E-state index in [1.807, 2.05) is 0 Å². The third kappa shape index (κ3) is 3.29. The van der Waals surface area contributed by atoms with Gasteiger partial charge in [0.15, 0.2) is 0 Å². The number of carbonyl (C=O) groups is 1. The first kappa shape index (κ1) is 13.9. The number of aromatic amines is 1. The van der Waals surface area contributed by atoms with Gasteiger partial charge >= 0.3 is 0 Å². The van der Waals surface area contributed by atoms with Crippen molar-refractivity contribution < 1.29 is 9.72 Å². The van der Waals surface area contributed by atoms with E-state index in [-0.39, 0.29) is 16.3 Å². The highest BCUT2D eigenvalue weighted by molar-refractivity contribution is 6.33. The molecule has 0 unspecified atom stereocenters. The Bertz CT molecular complexity index is 629. The molecule has 0 fully saturated rings. The van der Waals surface area contributed by atoms with Gasteiger partial charge in [0.25, 0.3) is 11.6 Å². The van der Waals surface area contributed by atoms with Gasteiger partial charge < -0.3 is 5.32 Å². The predicted molar refractivity (Wildman–Crippen MR) is 70.5 cm³/mol. The number of hydrogen-bond donors (Lipinski definition) is 2. The molecule has 1 heterocycles. The van der Waals surface area contributed by atoms with Crippen LogP contribution in [0.2, 0.25) is 5.02 Å². The maximum Gasteiger partial charge on any atom is 0.270 e. The number of nitrogens with zero attached hydrogens (tertiary/aromatic N) is 3. The maximum atomic E-state index is 11.9. The van der Waals surface area contributed by atoms with Crippen molar-refractivity contribution >= 4 is 23.2 Å². The number of benzene rings is 1. The van der Waals surface area contributed by atoms with Crippen molar-refractivity contribution in [3.8, 4) is 0 Å². The summed E-state index contributed by atoms with van der Waals surface area (Å²) >= 11 is 5.86. The fourth-order valence-electron chi connectivity index (χ4n) is 1.54. The topological polar surface area (TPSA) is 114 Å². The molecule has 8 nitrogen and oxygen atoms in total. The molecule has 0 saturated heterocycles. The van der Waals surface area contributed by atoms with Crippen LogP contribution in [0.15, 0.2) is 24.5 Å². The minimum Gasteiger partial charge on any atom is -0.352 e. The molecule has 0 aliphatic rings. The fourth-order valence-corrected chi connectivity index (χ4v) is 1.75. The summed E-state index contributed by atoms with van der Waals surface area (Å²) in [4.78, 5) is 25.9. The number of nitrogens with one attached hydrogen (secondary N) is 2. The van der Waals surface area contributed by atoms with Crippen molar-refractivity contribution in [2.24, 2.45) is 0 Å². The van der Waals surface area contributed by atoms with E-state index in [1.165, 1.54) is 18.5 Å². The van der Waals surface area contributed by atoms with E-state index in [9.17, 15) is 14.9 Å². The van der Waals surface area contributed by atoms with E-state index in [2.05, 4.69) is 20.5 Å². The quantitative estimate of drug-likeness (QED) is 0.638. The molecular formula is C11H10ClN5O3. The number of non-ortho nitro benzene ring substituents is 1. The molecule has 0 atom stereocenters. The van der Waals surface area contributed by atoms with E-state index < -0.39 is 10.8 Å². The van der Waals surface area contributed by atoms with Crippen molar-refractivity contribution in [3.63, 3.8) is 0 Å². The van der Waals surface area contributed by atoms with Crippen molar-refractivity contribution in [2.75, 3.05) is 6.54 Å². The summed E-state index contributed by atoms with van der Waals surface area (Å²) in [5.41, 5.74) is -0.117. The zero-order valence-electron chi connectivity index (χ0n) is 10.2. The van der Waals surface area contributed by atoms with Gasteiger partial charge in [-0.2, -0.15) is 5.10 Å². The first-order valence-corrected chi connectivity index (χ1v) is 6.02. The molecular weight excluding hydrogens is 286 g/mol. The smallest absolute Gasteiger partial charge is 0.270 e. The molecule has 2 aromatic rings. The molecule has 20 heavy (non-hydrogen) atoms. The van der Waals surface area contributed by atoms with Gasteiger partial charge in [-0.25, -0.2) is 4.98 Å². The van der Waals surface area contributed by atoms with E-state index in [0.29, 0.717) is 18.8 Å². The van der Waals surface area contributed by atoms with Crippen molar-refractivity contribution in [3.05, 3.63) is 51.1 Å². The molecule has 0 radical (unpaired) electrons. The average Bonchev–Trinajstić information content (AvgIpc) is 2.92. The molecule has 1 aromatic carbocycles. The normalized spacial score (nSPS) is 10.2. The lowest BCUT2D eigenvalue weighted by atomic mass is 10.2. The Hall–Kier alpha value is -2.48. The number of carbonyl (C=O) groups excluding carboxylic acids is 1. The van der Waals surface area contributed by atoms with E-state index >= 15 is 0 Å². The van der Waals surface area contributed by atoms with Gasteiger partial charge in [0, 0.05) is 25.1 Å². The molecule has 0 saturated carbocycles. The van der Waals surface area contributed by atoms with Crippen LogP contribution in [0.1, 0.15) is 16.2 Å². The van der Waals surface area contributed by atoms with Gasteiger partial charge in [0.1, 0.15) is 12.2 Å². The van der Waals surface area contributed by atoms with Crippen LogP contribution in [0.25, 0.3) is 0 Å². The van der Waals surface area contributed by atoms with Crippen LogP contribution in [-0.2, 0) is 6.42 Å². The lowest BCUT2D eigenvalue weighted by molar-refractivity contribution is -0.384. The summed E-state index contributed by atoms with van der Waals surface area (Å²) in [7, 11) is 0. The summed E-state index contributed by atoms with van der Waals surface area (Å²) in [6.07, 6.45) is 1.84. The zero-order chi connectivity index (χ0) is 14.5. The van der Waals surface area contributed by atoms with Crippen LogP contribution in [0.3, 0.4) is 0 Å². The summed E-state index contributed by atoms with van der Waals surface area (Å²) in [6, 6.07) is 3.71. The summed E-state index contributed by atoms with van der Waals surface area (Å²) < 4.78 is 0. The zero-order valence-corrected chi connectivity index (χ0v) is 10.9. The molecule has 0 aliphatic carbocycles. The Labute approximate surface area is 118 Å². The summed E-state index contributed by atoms with van der Waals surface area (Å²) in [5, 5.41) is 19.8. The van der Waals surface area contributed by atoms with Gasteiger partial charge in [0.2, 0.25) is 0 Å². The van der Waals surface area contributed by atoms with Gasteiger partial charge in [-0.1, -0.05) is 11.6 Å². The average molecular weight is 296 g/mol. The largest absolute Gasteiger partial charge is 0.352 e. The Morgan fingerprint density at radius 2 is 2.30 bits per heavy atom.